The Balaban J connectivity index is 1.34. The lowest BCUT2D eigenvalue weighted by Crippen LogP contribution is -2.56. The molecule has 2 unspecified atom stereocenters. The quantitative estimate of drug-likeness (QED) is 0.492. The summed E-state index contributed by atoms with van der Waals surface area (Å²) in [5, 5.41) is 11.9. The van der Waals surface area contributed by atoms with Gasteiger partial charge < -0.3 is 16.0 Å². The van der Waals surface area contributed by atoms with Crippen molar-refractivity contribution in [1.82, 2.24) is 21.3 Å². The van der Waals surface area contributed by atoms with Crippen molar-refractivity contribution in [2.45, 2.75) is 49.7 Å². The largest absolute Gasteiger partial charge is 0.355 e. The summed E-state index contributed by atoms with van der Waals surface area (Å²) in [6, 6.07) is 10.1. The van der Waals surface area contributed by atoms with Crippen LogP contribution in [0.2, 0.25) is 0 Å². The highest BCUT2D eigenvalue weighted by molar-refractivity contribution is 8.00. The number of thioether (sulfide) groups is 1. The summed E-state index contributed by atoms with van der Waals surface area (Å²) in [7, 11) is 0. The summed E-state index contributed by atoms with van der Waals surface area (Å²) in [6.45, 7) is 0.581. The van der Waals surface area contributed by atoms with Crippen LogP contribution in [-0.2, 0) is 20.8 Å². The normalized spacial score (nSPS) is 22.0. The molecule has 2 aliphatic rings. The molecule has 0 radical (unpaired) electrons. The smallest absolute Gasteiger partial charge is 0.230 e. The Morgan fingerprint density at radius 1 is 1.15 bits per heavy atom. The van der Waals surface area contributed by atoms with Gasteiger partial charge in [0.05, 0.1) is 5.75 Å². The molecule has 2 fully saturated rings. The van der Waals surface area contributed by atoms with E-state index in [4.69, 9.17) is 0 Å². The molecule has 2 atom stereocenters. The predicted molar refractivity (Wildman–Crippen MR) is 105 cm³/mol. The third kappa shape index (κ3) is 7.22. The molecular formula is C19H26N4O3S. The molecule has 3 amide bonds. The molecule has 0 aromatic heterocycles. The van der Waals surface area contributed by atoms with Gasteiger partial charge in [-0.25, -0.2) is 0 Å². The van der Waals surface area contributed by atoms with E-state index in [9.17, 15) is 14.4 Å². The molecule has 27 heavy (non-hydrogen) atoms. The van der Waals surface area contributed by atoms with E-state index < -0.39 is 0 Å². The third-order valence-corrected chi connectivity index (χ3v) is 5.46. The first-order valence-electron chi connectivity index (χ1n) is 9.35. The SMILES string of the molecule is O=C(CSC1NC(=O)CC(CC(=O)NC2CC2)N1)NCCc1ccccc1. The molecule has 0 spiro atoms. The van der Waals surface area contributed by atoms with E-state index in [2.05, 4.69) is 21.3 Å². The van der Waals surface area contributed by atoms with E-state index in [-0.39, 0.29) is 47.9 Å². The van der Waals surface area contributed by atoms with Crippen LogP contribution in [0, 0.1) is 0 Å². The molecule has 1 heterocycles. The molecule has 7 nitrogen and oxygen atoms in total. The minimum Gasteiger partial charge on any atom is -0.355 e. The number of rotatable bonds is 9. The molecule has 3 rings (SSSR count). The van der Waals surface area contributed by atoms with Crippen molar-refractivity contribution >= 4 is 29.5 Å². The first-order valence-corrected chi connectivity index (χ1v) is 10.4. The van der Waals surface area contributed by atoms with Crippen LogP contribution in [0.1, 0.15) is 31.2 Å². The number of hydrogen-bond donors (Lipinski definition) is 4. The van der Waals surface area contributed by atoms with Gasteiger partial charge in [-0.15, -0.1) is 11.8 Å². The topological polar surface area (TPSA) is 99.3 Å². The molecule has 146 valence electrons. The fourth-order valence-electron chi connectivity index (χ4n) is 2.90. The van der Waals surface area contributed by atoms with E-state index in [1.165, 1.54) is 17.3 Å². The summed E-state index contributed by atoms with van der Waals surface area (Å²) in [6.07, 6.45) is 3.43. The van der Waals surface area contributed by atoms with Gasteiger partial charge in [-0.3, -0.25) is 19.7 Å². The Morgan fingerprint density at radius 3 is 2.67 bits per heavy atom. The van der Waals surface area contributed by atoms with E-state index in [1.54, 1.807) is 0 Å². The molecular weight excluding hydrogens is 364 g/mol. The van der Waals surface area contributed by atoms with Crippen molar-refractivity contribution in [2.75, 3.05) is 12.3 Å². The van der Waals surface area contributed by atoms with Crippen LogP contribution >= 0.6 is 11.8 Å². The first-order chi connectivity index (χ1) is 13.1. The van der Waals surface area contributed by atoms with Crippen LogP contribution in [-0.4, -0.2) is 47.6 Å². The summed E-state index contributed by atoms with van der Waals surface area (Å²) >= 11 is 1.33. The van der Waals surface area contributed by atoms with Gasteiger partial charge in [0.1, 0.15) is 5.50 Å². The molecule has 1 aromatic rings. The van der Waals surface area contributed by atoms with E-state index in [0.717, 1.165) is 19.3 Å². The monoisotopic (exact) mass is 390 g/mol. The van der Waals surface area contributed by atoms with E-state index in [0.29, 0.717) is 12.6 Å². The number of carbonyl (C=O) groups is 3. The van der Waals surface area contributed by atoms with Gasteiger partial charge >= 0.3 is 0 Å². The minimum atomic E-state index is -0.357. The van der Waals surface area contributed by atoms with Crippen LogP contribution in [0.15, 0.2) is 30.3 Å². The maximum atomic E-state index is 12.0. The van der Waals surface area contributed by atoms with Crippen LogP contribution in [0.25, 0.3) is 0 Å². The summed E-state index contributed by atoms with van der Waals surface area (Å²) in [4.78, 5) is 35.8. The molecule has 0 bridgehead atoms. The Bertz CT molecular complexity index is 666. The molecule has 1 saturated heterocycles. The lowest BCUT2D eigenvalue weighted by Gasteiger charge is -2.30. The van der Waals surface area contributed by atoms with Crippen molar-refractivity contribution in [3.63, 3.8) is 0 Å². The van der Waals surface area contributed by atoms with Gasteiger partial charge in [-0.1, -0.05) is 30.3 Å². The molecule has 1 saturated carbocycles. The summed E-state index contributed by atoms with van der Waals surface area (Å²) in [5.74, 6) is 0.0564. The van der Waals surface area contributed by atoms with Crippen LogP contribution in [0.3, 0.4) is 0 Å². The van der Waals surface area contributed by atoms with Gasteiger partial charge in [0.15, 0.2) is 0 Å². The Labute approximate surface area is 163 Å². The van der Waals surface area contributed by atoms with Crippen LogP contribution in [0.4, 0.5) is 0 Å². The molecule has 1 aliphatic carbocycles. The van der Waals surface area contributed by atoms with Gasteiger partial charge in [0.2, 0.25) is 17.7 Å². The molecule has 1 aromatic carbocycles. The zero-order valence-electron chi connectivity index (χ0n) is 15.2. The Morgan fingerprint density at radius 2 is 1.93 bits per heavy atom. The second-order valence-corrected chi connectivity index (χ2v) is 8.05. The third-order valence-electron chi connectivity index (χ3n) is 4.44. The zero-order valence-corrected chi connectivity index (χ0v) is 16.0. The number of benzene rings is 1. The Kier molecular flexibility index (Phi) is 7.11. The highest BCUT2D eigenvalue weighted by Gasteiger charge is 2.30. The van der Waals surface area contributed by atoms with Crippen molar-refractivity contribution in [3.05, 3.63) is 35.9 Å². The average Bonchev–Trinajstić information content (AvgIpc) is 3.44. The molecule has 4 N–H and O–H groups in total. The second kappa shape index (κ2) is 9.75. The van der Waals surface area contributed by atoms with Gasteiger partial charge in [0.25, 0.3) is 0 Å². The van der Waals surface area contributed by atoms with Crippen molar-refractivity contribution in [2.24, 2.45) is 0 Å². The van der Waals surface area contributed by atoms with Crippen LogP contribution in [0.5, 0.6) is 0 Å². The fourth-order valence-corrected chi connectivity index (χ4v) is 3.83. The van der Waals surface area contributed by atoms with Gasteiger partial charge in [-0.05, 0) is 24.8 Å². The van der Waals surface area contributed by atoms with Crippen molar-refractivity contribution < 1.29 is 14.4 Å². The molecule has 8 heteroatoms. The van der Waals surface area contributed by atoms with Gasteiger partial charge in [-0.2, -0.15) is 0 Å². The zero-order chi connectivity index (χ0) is 19.1. The molecule has 1 aliphatic heterocycles. The van der Waals surface area contributed by atoms with E-state index >= 15 is 0 Å². The fraction of sp³-hybridized carbons (Fsp3) is 0.526. The number of carbonyl (C=O) groups excluding carboxylic acids is 3. The van der Waals surface area contributed by atoms with Gasteiger partial charge in [0, 0.05) is 31.5 Å². The maximum absolute atomic E-state index is 12.0. The number of hydrogen-bond acceptors (Lipinski definition) is 5. The lowest BCUT2D eigenvalue weighted by molar-refractivity contribution is -0.125. The first kappa shape index (κ1) is 19.7. The predicted octanol–water partition coefficient (Wildman–Crippen LogP) is 0.509. The highest BCUT2D eigenvalue weighted by Crippen LogP contribution is 2.19. The lowest BCUT2D eigenvalue weighted by atomic mass is 10.1. The minimum absolute atomic E-state index is 0.0212. The number of amides is 3. The summed E-state index contributed by atoms with van der Waals surface area (Å²) in [5.41, 5.74) is 0.823. The standard InChI is InChI=1S/C19H26N4O3S/c24-16(21-14-6-7-14)10-15-11-17(25)23-19(22-15)27-12-18(26)20-9-8-13-4-2-1-3-5-13/h1-5,14-15,19,22H,6-12H2,(H,20,26)(H,21,24)(H,23,25). The summed E-state index contributed by atoms with van der Waals surface area (Å²) < 4.78 is 0. The number of nitrogens with one attached hydrogen (secondary N) is 4. The van der Waals surface area contributed by atoms with Crippen LogP contribution < -0.4 is 21.3 Å². The van der Waals surface area contributed by atoms with Crippen molar-refractivity contribution in [3.8, 4) is 0 Å². The maximum Gasteiger partial charge on any atom is 0.230 e. The average molecular weight is 391 g/mol. The highest BCUT2D eigenvalue weighted by atomic mass is 32.2. The van der Waals surface area contributed by atoms with E-state index in [1.807, 2.05) is 30.3 Å². The second-order valence-electron chi connectivity index (χ2n) is 6.96. The Hall–Kier alpha value is -2.06. The van der Waals surface area contributed by atoms with Crippen molar-refractivity contribution in [1.29, 1.82) is 0 Å².